The van der Waals surface area contributed by atoms with E-state index in [2.05, 4.69) is 9.97 Å². The summed E-state index contributed by atoms with van der Waals surface area (Å²) in [6.07, 6.45) is -4.76. The number of hydrogen-bond acceptors (Lipinski definition) is 13. The van der Waals surface area contributed by atoms with Crippen molar-refractivity contribution in [3.8, 4) is 5.75 Å². The first-order valence-electron chi connectivity index (χ1n) is 12.9. The van der Waals surface area contributed by atoms with Crippen LogP contribution in [0.4, 0.5) is 5.95 Å². The highest BCUT2D eigenvalue weighted by Gasteiger charge is 2.45. The molecule has 5 aromatic rings. The van der Waals surface area contributed by atoms with Crippen LogP contribution in [-0.2, 0) is 16.2 Å². The lowest BCUT2D eigenvalue weighted by Gasteiger charge is -2.19. The lowest BCUT2D eigenvalue weighted by Crippen LogP contribution is -2.33. The number of benzene rings is 2. The molecule has 0 aliphatic carbocycles. The molecule has 1 aliphatic rings. The summed E-state index contributed by atoms with van der Waals surface area (Å²) in [5.41, 5.74) is 8.20. The van der Waals surface area contributed by atoms with Crippen LogP contribution in [0.1, 0.15) is 17.4 Å². The van der Waals surface area contributed by atoms with E-state index >= 15 is 0 Å². The maximum Gasteiger partial charge on any atom is 0.340 e. The second kappa shape index (κ2) is 11.9. The van der Waals surface area contributed by atoms with E-state index in [4.69, 9.17) is 24.6 Å². The molecule has 5 N–H and O–H groups in total. The van der Waals surface area contributed by atoms with Crippen molar-refractivity contribution in [2.45, 2.75) is 46.2 Å². The van der Waals surface area contributed by atoms with Gasteiger partial charge in [0.15, 0.2) is 17.0 Å². The van der Waals surface area contributed by atoms with Gasteiger partial charge in [-0.2, -0.15) is 4.98 Å². The van der Waals surface area contributed by atoms with Gasteiger partial charge >= 0.3 is 5.63 Å². The number of ether oxygens (including phenoxy) is 2. The summed E-state index contributed by atoms with van der Waals surface area (Å²) in [6, 6.07) is 16.7. The van der Waals surface area contributed by atoms with E-state index in [1.165, 1.54) is 23.5 Å². The Balaban J connectivity index is 1.39. The van der Waals surface area contributed by atoms with Crippen molar-refractivity contribution < 1.29 is 29.2 Å². The fourth-order valence-corrected chi connectivity index (χ4v) is 6.61. The van der Waals surface area contributed by atoms with Gasteiger partial charge in [-0.3, -0.25) is 4.57 Å². The number of nitrogens with zero attached hydrogens (tertiary/aromatic N) is 4. The number of aliphatic hydroxyl groups excluding tert-OH is 3. The maximum absolute atomic E-state index is 12.7. The van der Waals surface area contributed by atoms with Crippen LogP contribution in [-0.4, -0.2) is 66.9 Å². The Morgan fingerprint density at radius 3 is 2.57 bits per heavy atom. The number of hydrogen-bond donors (Lipinski definition) is 4. The second-order valence-electron chi connectivity index (χ2n) is 9.58. The monoisotopic (exact) mass is 609 g/mol. The van der Waals surface area contributed by atoms with E-state index in [0.29, 0.717) is 43.7 Å². The summed E-state index contributed by atoms with van der Waals surface area (Å²) in [5.74, 6) is 1.34. The van der Waals surface area contributed by atoms with Crippen molar-refractivity contribution in [2.75, 3.05) is 19.5 Å². The summed E-state index contributed by atoms with van der Waals surface area (Å²) < 4.78 is 18.2. The number of nitrogens with two attached hydrogens (primary N) is 1. The van der Waals surface area contributed by atoms with Gasteiger partial charge in [0, 0.05) is 22.5 Å². The van der Waals surface area contributed by atoms with Crippen LogP contribution in [0.25, 0.3) is 22.1 Å². The zero-order chi connectivity index (χ0) is 29.4. The Labute approximate surface area is 247 Å². The van der Waals surface area contributed by atoms with Gasteiger partial charge in [0.1, 0.15) is 40.2 Å². The van der Waals surface area contributed by atoms with Crippen molar-refractivity contribution in [3.63, 3.8) is 0 Å². The van der Waals surface area contributed by atoms with E-state index in [-0.39, 0.29) is 17.3 Å². The third kappa shape index (κ3) is 5.44. The normalized spacial score (nSPS) is 20.5. The Morgan fingerprint density at radius 1 is 1.02 bits per heavy atom. The lowest BCUT2D eigenvalue weighted by molar-refractivity contribution is -0.0548. The molecule has 2 aromatic carbocycles. The Hall–Kier alpha value is -3.66. The van der Waals surface area contributed by atoms with Crippen LogP contribution in [0, 0.1) is 0 Å². The van der Waals surface area contributed by atoms with E-state index in [1.54, 1.807) is 35.9 Å². The molecule has 12 nitrogen and oxygen atoms in total. The number of fused-ring (bicyclic) bond motifs is 2. The zero-order valence-corrected chi connectivity index (χ0v) is 23.9. The van der Waals surface area contributed by atoms with Gasteiger partial charge in [0.2, 0.25) is 5.95 Å². The molecule has 0 bridgehead atoms. The largest absolute Gasteiger partial charge is 0.497 e. The molecular weight excluding hydrogens is 582 g/mol. The molecule has 0 saturated carbocycles. The summed E-state index contributed by atoms with van der Waals surface area (Å²) >= 11 is 2.62. The number of thioether (sulfide) groups is 2. The second-order valence-corrected chi connectivity index (χ2v) is 11.5. The molecular formula is C28H27N5O7S2. The van der Waals surface area contributed by atoms with E-state index < -0.39 is 36.8 Å². The molecule has 0 spiro atoms. The first-order chi connectivity index (χ1) is 20.4. The van der Waals surface area contributed by atoms with Gasteiger partial charge in [-0.05, 0) is 29.8 Å². The number of aliphatic hydroxyl groups is 3. The molecule has 0 amide bonds. The molecule has 4 atom stereocenters. The number of nitrogen functional groups attached to an aromatic ring is 1. The maximum atomic E-state index is 12.7. The summed E-state index contributed by atoms with van der Waals surface area (Å²) in [5, 5.41) is 32.6. The average molecular weight is 610 g/mol. The summed E-state index contributed by atoms with van der Waals surface area (Å²) in [6.45, 7) is -0.480. The third-order valence-corrected chi connectivity index (χ3v) is 8.89. The lowest BCUT2D eigenvalue weighted by atomic mass is 10.1. The van der Waals surface area contributed by atoms with Crippen LogP contribution in [0.3, 0.4) is 0 Å². The zero-order valence-electron chi connectivity index (χ0n) is 22.3. The molecule has 1 saturated heterocycles. The molecule has 218 valence electrons. The SMILES string of the molecule is COc1ccc2oc(=O)c(CSc3nc(N)nc4c3nc(SCc3ccccc3)n4[C@@H]3O[C@H](CO)[C@@H](O)[C@H]3O)cc2c1. The Morgan fingerprint density at radius 2 is 1.83 bits per heavy atom. The molecule has 4 heterocycles. The van der Waals surface area contributed by atoms with Crippen LogP contribution in [0.15, 0.2) is 74.0 Å². The molecule has 0 unspecified atom stereocenters. The topological polar surface area (TPSA) is 179 Å². The van der Waals surface area contributed by atoms with Gasteiger partial charge in [0.05, 0.1) is 13.7 Å². The predicted octanol–water partition coefficient (Wildman–Crippen LogP) is 2.72. The smallest absolute Gasteiger partial charge is 0.340 e. The van der Waals surface area contributed by atoms with Gasteiger partial charge in [-0.25, -0.2) is 14.8 Å². The molecule has 1 aliphatic heterocycles. The molecule has 42 heavy (non-hydrogen) atoms. The van der Waals surface area contributed by atoms with Crippen LogP contribution in [0.2, 0.25) is 0 Å². The highest BCUT2D eigenvalue weighted by atomic mass is 32.2. The van der Waals surface area contributed by atoms with Crippen LogP contribution >= 0.6 is 23.5 Å². The minimum Gasteiger partial charge on any atom is -0.497 e. The van der Waals surface area contributed by atoms with Crippen molar-refractivity contribution in [1.29, 1.82) is 0 Å². The van der Waals surface area contributed by atoms with Gasteiger partial charge in [-0.15, -0.1) is 0 Å². The number of methoxy groups -OCH3 is 1. The number of anilines is 1. The van der Waals surface area contributed by atoms with E-state index in [1.807, 2.05) is 30.3 Å². The molecule has 1 fully saturated rings. The fraction of sp³-hybridized carbons (Fsp3) is 0.286. The third-order valence-electron chi connectivity index (χ3n) is 6.85. The first kappa shape index (κ1) is 28.5. The van der Waals surface area contributed by atoms with Crippen molar-refractivity contribution >= 4 is 51.6 Å². The van der Waals surface area contributed by atoms with Gasteiger partial charge in [0.25, 0.3) is 0 Å². The summed E-state index contributed by atoms with van der Waals surface area (Å²) in [4.78, 5) is 26.3. The number of imidazole rings is 1. The molecule has 6 rings (SSSR count). The van der Waals surface area contributed by atoms with Gasteiger partial charge in [-0.1, -0.05) is 53.9 Å². The molecule has 3 aromatic heterocycles. The predicted molar refractivity (Wildman–Crippen MR) is 157 cm³/mol. The highest BCUT2D eigenvalue weighted by Crippen LogP contribution is 2.39. The molecule has 0 radical (unpaired) electrons. The minimum absolute atomic E-state index is 0.0483. The fourth-order valence-electron chi connectivity index (χ4n) is 4.71. The Bertz CT molecular complexity index is 1800. The quantitative estimate of drug-likeness (QED) is 0.109. The van der Waals surface area contributed by atoms with Crippen molar-refractivity contribution in [2.24, 2.45) is 0 Å². The minimum atomic E-state index is -1.36. The average Bonchev–Trinajstić information content (AvgIpc) is 3.50. The van der Waals surface area contributed by atoms with Crippen LogP contribution < -0.4 is 16.1 Å². The van der Waals surface area contributed by atoms with Crippen molar-refractivity contribution in [3.05, 3.63) is 76.1 Å². The number of rotatable bonds is 9. The van der Waals surface area contributed by atoms with Crippen LogP contribution in [0.5, 0.6) is 5.75 Å². The van der Waals surface area contributed by atoms with Gasteiger partial charge < -0.3 is 34.9 Å². The first-order valence-corrected chi connectivity index (χ1v) is 14.9. The molecule has 14 heteroatoms. The Kier molecular flexibility index (Phi) is 8.07. The number of aromatic nitrogens is 4. The van der Waals surface area contributed by atoms with E-state index in [0.717, 1.165) is 5.56 Å². The standard InChI is InChI=1S/C28H27N5O7S2/c1-38-17-7-8-18-15(10-17)9-16(26(37)40-18)13-41-24-20-23(31-27(29)32-24)33(25-22(36)21(35)19(11-34)39-25)28(30-20)42-12-14-5-3-2-4-6-14/h2-10,19,21-22,25,34-36H,11-13H2,1H3,(H2,29,31,32)/t19-,21-,22-,25-/m1/s1. The van der Waals surface area contributed by atoms with Crippen molar-refractivity contribution in [1.82, 2.24) is 19.5 Å². The summed E-state index contributed by atoms with van der Waals surface area (Å²) in [7, 11) is 1.56. The highest BCUT2D eigenvalue weighted by molar-refractivity contribution is 7.98. The van der Waals surface area contributed by atoms with E-state index in [9.17, 15) is 20.1 Å².